The van der Waals surface area contributed by atoms with Crippen molar-refractivity contribution in [1.82, 2.24) is 5.32 Å². The van der Waals surface area contributed by atoms with E-state index in [0.717, 1.165) is 6.54 Å². The molecule has 1 aromatic rings. The van der Waals surface area contributed by atoms with Crippen LogP contribution < -0.4 is 5.32 Å². The Kier molecular flexibility index (Phi) is 1.03. The lowest BCUT2D eigenvalue weighted by Gasteiger charge is -1.91. The molecule has 1 aromatic carbocycles. The smallest absolute Gasteiger partial charge is 0.0447 e. The van der Waals surface area contributed by atoms with Gasteiger partial charge in [0.1, 0.15) is 0 Å². The van der Waals surface area contributed by atoms with E-state index in [1.807, 2.05) is 6.07 Å². The average molecular weight is 119 g/mol. The number of hydrogen-bond acceptors (Lipinski definition) is 1. The molecule has 0 radical (unpaired) electrons. The maximum absolute atomic E-state index is 3.25. The Morgan fingerprint density at radius 2 is 1.89 bits per heavy atom. The molecule has 1 fully saturated rings. The molecule has 1 saturated heterocycles. The highest BCUT2D eigenvalue weighted by molar-refractivity contribution is 5.22. The minimum atomic E-state index is 0.659. The normalized spacial score (nSPS) is 23.8. The molecular formula is C8H9N. The molecule has 1 aliphatic rings. The van der Waals surface area contributed by atoms with Crippen molar-refractivity contribution in [2.75, 3.05) is 6.54 Å². The minimum absolute atomic E-state index is 0.659. The van der Waals surface area contributed by atoms with Gasteiger partial charge in [-0.1, -0.05) is 30.3 Å². The molecule has 2 rings (SSSR count). The molecule has 1 heteroatoms. The molecule has 46 valence electrons. The van der Waals surface area contributed by atoms with Gasteiger partial charge < -0.3 is 5.32 Å². The van der Waals surface area contributed by atoms with Gasteiger partial charge in [-0.2, -0.15) is 0 Å². The highest BCUT2D eigenvalue weighted by Crippen LogP contribution is 2.19. The predicted octanol–water partition coefficient (Wildman–Crippen LogP) is 1.33. The Balaban J connectivity index is 2.29. The van der Waals surface area contributed by atoms with Crippen LogP contribution in [0.4, 0.5) is 0 Å². The average Bonchev–Trinajstić information content (AvgIpc) is 2.71. The van der Waals surface area contributed by atoms with Crippen LogP contribution in [0, 0.1) is 0 Å². The van der Waals surface area contributed by atoms with Crippen molar-refractivity contribution in [3.63, 3.8) is 0 Å². The highest BCUT2D eigenvalue weighted by atomic mass is 15.1. The molecule has 1 aliphatic heterocycles. The van der Waals surface area contributed by atoms with E-state index in [1.165, 1.54) is 5.56 Å². The van der Waals surface area contributed by atoms with Gasteiger partial charge in [0, 0.05) is 12.6 Å². The van der Waals surface area contributed by atoms with Gasteiger partial charge in [-0.05, 0) is 5.56 Å². The van der Waals surface area contributed by atoms with Crippen LogP contribution in [0.1, 0.15) is 11.6 Å². The Labute approximate surface area is 54.7 Å². The zero-order valence-electron chi connectivity index (χ0n) is 5.17. The summed E-state index contributed by atoms with van der Waals surface area (Å²) in [4.78, 5) is 0. The number of hydrogen-bond donors (Lipinski definition) is 1. The van der Waals surface area contributed by atoms with Crippen LogP contribution >= 0.6 is 0 Å². The van der Waals surface area contributed by atoms with Crippen LogP contribution in [0.25, 0.3) is 0 Å². The van der Waals surface area contributed by atoms with Gasteiger partial charge in [-0.15, -0.1) is 0 Å². The number of benzene rings is 1. The summed E-state index contributed by atoms with van der Waals surface area (Å²) in [5.74, 6) is 0. The van der Waals surface area contributed by atoms with Crippen LogP contribution in [-0.2, 0) is 0 Å². The van der Waals surface area contributed by atoms with E-state index in [0.29, 0.717) is 6.04 Å². The summed E-state index contributed by atoms with van der Waals surface area (Å²) in [6.45, 7) is 1.16. The molecule has 1 unspecified atom stereocenters. The van der Waals surface area contributed by atoms with Gasteiger partial charge in [0.2, 0.25) is 0 Å². The molecule has 9 heavy (non-hydrogen) atoms. The second kappa shape index (κ2) is 1.85. The zero-order valence-corrected chi connectivity index (χ0v) is 5.17. The minimum Gasteiger partial charge on any atom is -0.307 e. The first-order chi connectivity index (χ1) is 4.47. The zero-order chi connectivity index (χ0) is 6.10. The quantitative estimate of drug-likeness (QED) is 0.553. The Hall–Kier alpha value is -0.820. The Morgan fingerprint density at radius 3 is 2.44 bits per heavy atom. The van der Waals surface area contributed by atoms with Crippen molar-refractivity contribution in [3.05, 3.63) is 35.9 Å². The van der Waals surface area contributed by atoms with Gasteiger partial charge in [-0.25, -0.2) is 0 Å². The van der Waals surface area contributed by atoms with E-state index < -0.39 is 0 Å². The maximum atomic E-state index is 3.25. The summed E-state index contributed by atoms with van der Waals surface area (Å²) >= 11 is 0. The lowest BCUT2D eigenvalue weighted by molar-refractivity contribution is 1.08. The topological polar surface area (TPSA) is 21.9 Å². The van der Waals surface area contributed by atoms with Crippen molar-refractivity contribution in [2.45, 2.75) is 6.04 Å². The molecule has 0 amide bonds. The molecule has 0 saturated carbocycles. The lowest BCUT2D eigenvalue weighted by Crippen LogP contribution is -1.80. The molecule has 0 bridgehead atoms. The summed E-state index contributed by atoms with van der Waals surface area (Å²) < 4.78 is 0. The molecule has 1 atom stereocenters. The van der Waals surface area contributed by atoms with Crippen molar-refractivity contribution < 1.29 is 0 Å². The van der Waals surface area contributed by atoms with Crippen LogP contribution in [0.2, 0.25) is 0 Å². The number of rotatable bonds is 1. The molecule has 0 aromatic heterocycles. The monoisotopic (exact) mass is 119 g/mol. The van der Waals surface area contributed by atoms with Gasteiger partial charge in [-0.3, -0.25) is 0 Å². The first kappa shape index (κ1) is 5.00. The third kappa shape index (κ3) is 0.958. The number of nitrogens with one attached hydrogen (secondary N) is 1. The molecule has 0 spiro atoms. The molecule has 0 aliphatic carbocycles. The van der Waals surface area contributed by atoms with Crippen LogP contribution in [0.15, 0.2) is 30.3 Å². The fraction of sp³-hybridized carbons (Fsp3) is 0.250. The van der Waals surface area contributed by atoms with Crippen LogP contribution in [0.5, 0.6) is 0 Å². The van der Waals surface area contributed by atoms with Crippen LogP contribution in [-0.4, -0.2) is 6.54 Å². The van der Waals surface area contributed by atoms with Crippen molar-refractivity contribution in [2.24, 2.45) is 0 Å². The van der Waals surface area contributed by atoms with E-state index in [1.54, 1.807) is 0 Å². The van der Waals surface area contributed by atoms with E-state index in [2.05, 4.69) is 29.6 Å². The SMILES string of the molecule is c1ccc(C2CN2)cc1. The third-order valence-electron chi connectivity index (χ3n) is 1.61. The predicted molar refractivity (Wildman–Crippen MR) is 37.2 cm³/mol. The first-order valence-corrected chi connectivity index (χ1v) is 3.25. The van der Waals surface area contributed by atoms with Crippen molar-refractivity contribution >= 4 is 0 Å². The summed E-state index contributed by atoms with van der Waals surface area (Å²) in [7, 11) is 0. The van der Waals surface area contributed by atoms with Gasteiger partial charge >= 0.3 is 0 Å². The molecule has 1 nitrogen and oxygen atoms in total. The third-order valence-corrected chi connectivity index (χ3v) is 1.61. The van der Waals surface area contributed by atoms with E-state index in [-0.39, 0.29) is 0 Å². The molecule has 1 heterocycles. The summed E-state index contributed by atoms with van der Waals surface area (Å²) in [5, 5.41) is 3.25. The Bertz CT molecular complexity index is 189. The van der Waals surface area contributed by atoms with Crippen molar-refractivity contribution in [1.29, 1.82) is 0 Å². The molecular weight excluding hydrogens is 110 g/mol. The summed E-state index contributed by atoms with van der Waals surface area (Å²) in [5.41, 5.74) is 1.41. The standard InChI is InChI=1S/C8H9N/c1-2-4-7(5-3-1)8-6-9-8/h1-5,8-9H,6H2. The second-order valence-electron chi connectivity index (χ2n) is 2.37. The summed E-state index contributed by atoms with van der Waals surface area (Å²) in [6.07, 6.45) is 0. The van der Waals surface area contributed by atoms with Crippen molar-refractivity contribution in [3.8, 4) is 0 Å². The largest absolute Gasteiger partial charge is 0.307 e. The molecule has 1 N–H and O–H groups in total. The Morgan fingerprint density at radius 1 is 1.22 bits per heavy atom. The van der Waals surface area contributed by atoms with E-state index >= 15 is 0 Å². The fourth-order valence-electron chi connectivity index (χ4n) is 0.980. The van der Waals surface area contributed by atoms with E-state index in [4.69, 9.17) is 0 Å². The first-order valence-electron chi connectivity index (χ1n) is 3.25. The van der Waals surface area contributed by atoms with E-state index in [9.17, 15) is 0 Å². The summed E-state index contributed by atoms with van der Waals surface area (Å²) in [6, 6.07) is 11.2. The fourth-order valence-corrected chi connectivity index (χ4v) is 0.980. The van der Waals surface area contributed by atoms with Gasteiger partial charge in [0.05, 0.1) is 0 Å². The highest BCUT2D eigenvalue weighted by Gasteiger charge is 2.20. The second-order valence-corrected chi connectivity index (χ2v) is 2.37. The van der Waals surface area contributed by atoms with Crippen LogP contribution in [0.3, 0.4) is 0 Å². The maximum Gasteiger partial charge on any atom is 0.0447 e. The van der Waals surface area contributed by atoms with Gasteiger partial charge in [0.25, 0.3) is 0 Å². The lowest BCUT2D eigenvalue weighted by atomic mass is 10.2. The van der Waals surface area contributed by atoms with Gasteiger partial charge in [0.15, 0.2) is 0 Å².